The van der Waals surface area contributed by atoms with E-state index in [1.54, 1.807) is 12.1 Å². The van der Waals surface area contributed by atoms with Gasteiger partial charge in [0.2, 0.25) is 0 Å². The largest absolute Gasteiger partial charge is 0.206 e. The molecule has 66 valence electrons. The molecule has 0 saturated carbocycles. The molecule has 0 N–H and O–H groups in total. The Balaban J connectivity index is 0.000000980. The molecule has 0 nitrogen and oxygen atoms in total. The summed E-state index contributed by atoms with van der Waals surface area (Å²) in [5.74, 6) is -0.172. The average molecular weight is 186 g/mol. The molecule has 0 aromatic heterocycles. The molecule has 0 fully saturated rings. The van der Waals surface area contributed by atoms with Crippen molar-refractivity contribution in [1.29, 1.82) is 0 Å². The van der Waals surface area contributed by atoms with Gasteiger partial charge in [-0.3, -0.25) is 0 Å². The molecule has 0 amide bonds. The van der Waals surface area contributed by atoms with Crippen LogP contribution in [0.2, 0.25) is 0 Å². The van der Waals surface area contributed by atoms with Gasteiger partial charge in [-0.25, -0.2) is 4.39 Å². The first kappa shape index (κ1) is 14.6. The van der Waals surface area contributed by atoms with E-state index in [4.69, 9.17) is 0 Å². The maximum Gasteiger partial charge on any atom is 0.131 e. The summed E-state index contributed by atoms with van der Waals surface area (Å²) in [5.41, 5.74) is 1.57. The van der Waals surface area contributed by atoms with Crippen LogP contribution in [0.25, 0.3) is 11.1 Å². The topological polar surface area (TPSA) is 0 Å². The van der Waals surface area contributed by atoms with Crippen molar-refractivity contribution in [2.24, 2.45) is 0 Å². The summed E-state index contributed by atoms with van der Waals surface area (Å²) in [5, 5.41) is 0. The van der Waals surface area contributed by atoms with Crippen molar-refractivity contribution in [2.75, 3.05) is 0 Å². The van der Waals surface area contributed by atoms with Crippen molar-refractivity contribution in [1.82, 2.24) is 0 Å². The van der Waals surface area contributed by atoms with Gasteiger partial charge >= 0.3 is 0 Å². The van der Waals surface area contributed by atoms with E-state index in [-0.39, 0.29) is 43.5 Å². The summed E-state index contributed by atoms with van der Waals surface area (Å²) in [6.45, 7) is 0. The van der Waals surface area contributed by atoms with Crippen LogP contribution in [0, 0.1) is 5.82 Å². The second kappa shape index (κ2) is 6.94. The minimum absolute atomic E-state index is 0. The smallest absolute Gasteiger partial charge is 0.131 e. The molecule has 0 aliphatic carbocycles. The standard InChI is InChI=1S/C12H9F.2Li/c13-12-9-5-4-8-11(12)10-6-2-1-3-7-10;;/h1-9H;;. The van der Waals surface area contributed by atoms with Crippen LogP contribution in [0.15, 0.2) is 54.6 Å². The molecule has 2 rings (SSSR count). The van der Waals surface area contributed by atoms with Crippen LogP contribution in [-0.4, -0.2) is 37.7 Å². The summed E-state index contributed by atoms with van der Waals surface area (Å²) >= 11 is 0. The van der Waals surface area contributed by atoms with Crippen molar-refractivity contribution >= 4 is 37.7 Å². The van der Waals surface area contributed by atoms with Crippen molar-refractivity contribution in [3.05, 3.63) is 60.4 Å². The summed E-state index contributed by atoms with van der Waals surface area (Å²) < 4.78 is 13.3. The van der Waals surface area contributed by atoms with Gasteiger partial charge in [-0.1, -0.05) is 48.5 Å². The van der Waals surface area contributed by atoms with Crippen LogP contribution in [0.4, 0.5) is 4.39 Å². The maximum atomic E-state index is 13.3. The third-order valence-corrected chi connectivity index (χ3v) is 1.96. The van der Waals surface area contributed by atoms with Crippen molar-refractivity contribution in [2.45, 2.75) is 0 Å². The molecule has 0 spiro atoms. The Morgan fingerprint density at radius 1 is 0.667 bits per heavy atom. The van der Waals surface area contributed by atoms with E-state index in [0.29, 0.717) is 5.56 Å². The van der Waals surface area contributed by atoms with Crippen LogP contribution >= 0.6 is 0 Å². The zero-order valence-electron chi connectivity index (χ0n) is 9.07. The minimum atomic E-state index is -0.172. The van der Waals surface area contributed by atoms with Crippen LogP contribution in [-0.2, 0) is 0 Å². The summed E-state index contributed by atoms with van der Waals surface area (Å²) in [6.07, 6.45) is 0. The second-order valence-electron chi connectivity index (χ2n) is 2.85. The number of halogens is 1. The van der Waals surface area contributed by atoms with Gasteiger partial charge in [0.1, 0.15) is 5.82 Å². The Morgan fingerprint density at radius 2 is 1.20 bits per heavy atom. The molecule has 2 radical (unpaired) electrons. The van der Waals surface area contributed by atoms with Gasteiger partial charge in [0.15, 0.2) is 0 Å². The van der Waals surface area contributed by atoms with E-state index in [9.17, 15) is 4.39 Å². The van der Waals surface area contributed by atoms with Crippen LogP contribution in [0.5, 0.6) is 0 Å². The molecule has 0 saturated heterocycles. The number of hydrogen-bond acceptors (Lipinski definition) is 0. The molecule has 0 atom stereocenters. The first-order chi connectivity index (χ1) is 6.38. The molecule has 3 heteroatoms. The molecule has 2 aromatic rings. The SMILES string of the molecule is Fc1ccccc1-c1ccccc1.[Li].[Li]. The molecule has 0 heterocycles. The van der Waals surface area contributed by atoms with E-state index in [1.807, 2.05) is 36.4 Å². The van der Waals surface area contributed by atoms with Crippen LogP contribution in [0.1, 0.15) is 0 Å². The molecule has 2 aromatic carbocycles. The third kappa shape index (κ3) is 3.56. The quantitative estimate of drug-likeness (QED) is 0.600. The summed E-state index contributed by atoms with van der Waals surface area (Å²) in [7, 11) is 0. The zero-order chi connectivity index (χ0) is 9.10. The molecule has 0 aliphatic rings. The molecule has 0 unspecified atom stereocenters. The molecular weight excluding hydrogens is 177 g/mol. The van der Waals surface area contributed by atoms with Crippen molar-refractivity contribution < 1.29 is 4.39 Å². The van der Waals surface area contributed by atoms with E-state index in [1.165, 1.54) is 6.07 Å². The molecule has 0 bridgehead atoms. The Hall–Kier alpha value is -0.435. The Kier molecular flexibility index (Phi) is 6.74. The van der Waals surface area contributed by atoms with Gasteiger partial charge in [0, 0.05) is 43.3 Å². The van der Waals surface area contributed by atoms with Gasteiger partial charge in [0.25, 0.3) is 0 Å². The maximum absolute atomic E-state index is 13.3. The predicted molar refractivity (Wildman–Crippen MR) is 63.3 cm³/mol. The monoisotopic (exact) mass is 186 g/mol. The molecular formula is C12H9FLi2. The van der Waals surface area contributed by atoms with Gasteiger partial charge in [-0.15, -0.1) is 0 Å². The Morgan fingerprint density at radius 3 is 1.80 bits per heavy atom. The Labute approximate surface area is 113 Å². The van der Waals surface area contributed by atoms with Crippen molar-refractivity contribution in [3.8, 4) is 11.1 Å². The molecule has 0 aliphatic heterocycles. The number of hydrogen-bond donors (Lipinski definition) is 0. The van der Waals surface area contributed by atoms with Crippen LogP contribution in [0.3, 0.4) is 0 Å². The van der Waals surface area contributed by atoms with Gasteiger partial charge in [0.05, 0.1) is 0 Å². The van der Waals surface area contributed by atoms with Gasteiger partial charge < -0.3 is 0 Å². The van der Waals surface area contributed by atoms with E-state index >= 15 is 0 Å². The van der Waals surface area contributed by atoms with E-state index in [2.05, 4.69) is 0 Å². The van der Waals surface area contributed by atoms with E-state index < -0.39 is 0 Å². The minimum Gasteiger partial charge on any atom is -0.206 e. The van der Waals surface area contributed by atoms with Crippen molar-refractivity contribution in [3.63, 3.8) is 0 Å². The summed E-state index contributed by atoms with van der Waals surface area (Å²) in [6, 6.07) is 16.3. The van der Waals surface area contributed by atoms with Gasteiger partial charge in [-0.05, 0) is 11.6 Å². The predicted octanol–water partition coefficient (Wildman–Crippen LogP) is 2.73. The molecule has 15 heavy (non-hydrogen) atoms. The Bertz CT molecular complexity index is 401. The first-order valence-corrected chi connectivity index (χ1v) is 4.18. The fraction of sp³-hybridized carbons (Fsp3) is 0. The fourth-order valence-electron chi connectivity index (χ4n) is 1.31. The van der Waals surface area contributed by atoms with E-state index in [0.717, 1.165) is 5.56 Å². The van der Waals surface area contributed by atoms with Crippen LogP contribution < -0.4 is 0 Å². The van der Waals surface area contributed by atoms with Gasteiger partial charge in [-0.2, -0.15) is 0 Å². The second-order valence-corrected chi connectivity index (χ2v) is 2.85. The zero-order valence-corrected chi connectivity index (χ0v) is 9.07. The average Bonchev–Trinajstić information content (AvgIpc) is 2.20. The first-order valence-electron chi connectivity index (χ1n) is 4.18. The normalized spacial score (nSPS) is 8.60. The number of benzene rings is 2. The number of rotatable bonds is 1. The third-order valence-electron chi connectivity index (χ3n) is 1.96. The fourth-order valence-corrected chi connectivity index (χ4v) is 1.31. The summed E-state index contributed by atoms with van der Waals surface area (Å²) in [4.78, 5) is 0.